The van der Waals surface area contributed by atoms with Crippen molar-refractivity contribution in [1.29, 1.82) is 0 Å². The highest BCUT2D eigenvalue weighted by Gasteiger charge is 2.29. The van der Waals surface area contributed by atoms with E-state index in [0.29, 0.717) is 12.9 Å². The summed E-state index contributed by atoms with van der Waals surface area (Å²) in [6, 6.07) is 0. The lowest BCUT2D eigenvalue weighted by atomic mass is 9.83. The summed E-state index contributed by atoms with van der Waals surface area (Å²) in [5, 5.41) is 0. The predicted molar refractivity (Wildman–Crippen MR) is 110 cm³/mol. The largest absolute Gasteiger partial charge is 0.462 e. The first-order valence-corrected chi connectivity index (χ1v) is 10.8. The van der Waals surface area contributed by atoms with Crippen molar-refractivity contribution in [2.24, 2.45) is 5.92 Å². The molecule has 29 heavy (non-hydrogen) atoms. The third kappa shape index (κ3) is 11.5. The van der Waals surface area contributed by atoms with Gasteiger partial charge in [-0.25, -0.2) is 0 Å². The third-order valence-corrected chi connectivity index (χ3v) is 5.16. The number of ether oxygens (including phenoxy) is 3. The van der Waals surface area contributed by atoms with Crippen molar-refractivity contribution in [3.05, 3.63) is 17.9 Å². The molecule has 0 aromatic rings. The molecule has 164 valence electrons. The third-order valence-electron chi connectivity index (χ3n) is 5.16. The van der Waals surface area contributed by atoms with E-state index in [0.717, 1.165) is 51.4 Å². The molecule has 0 spiro atoms. The molecular weight excluding hydrogens is 372 g/mol. The van der Waals surface area contributed by atoms with Crippen molar-refractivity contribution in [2.45, 2.75) is 103 Å². The summed E-state index contributed by atoms with van der Waals surface area (Å²) in [6.07, 6.45) is 11.9. The second-order valence-electron chi connectivity index (χ2n) is 7.70. The number of unbranched alkanes of at least 4 members (excludes halogenated alkanes) is 2. The van der Waals surface area contributed by atoms with Crippen LogP contribution in [0.4, 0.5) is 0 Å². The van der Waals surface area contributed by atoms with Gasteiger partial charge in [0.1, 0.15) is 18.3 Å². The summed E-state index contributed by atoms with van der Waals surface area (Å²) in [5.41, 5.74) is 3.01. The molecule has 0 bridgehead atoms. The lowest BCUT2D eigenvalue weighted by Gasteiger charge is -2.31. The van der Waals surface area contributed by atoms with E-state index in [1.165, 1.54) is 20.3 Å². The molecule has 1 saturated carbocycles. The first-order chi connectivity index (χ1) is 14.0. The van der Waals surface area contributed by atoms with Gasteiger partial charge in [-0.15, -0.1) is 5.73 Å². The van der Waals surface area contributed by atoms with Crippen LogP contribution in [0.5, 0.6) is 0 Å². The Labute approximate surface area is 174 Å². The Morgan fingerprint density at radius 3 is 2.24 bits per heavy atom. The van der Waals surface area contributed by atoms with Crippen molar-refractivity contribution < 1.29 is 28.6 Å². The fourth-order valence-electron chi connectivity index (χ4n) is 3.78. The number of rotatable bonds is 13. The quantitative estimate of drug-likeness (QED) is 0.145. The first kappa shape index (κ1) is 25.0. The van der Waals surface area contributed by atoms with Crippen molar-refractivity contribution in [3.8, 4) is 0 Å². The zero-order valence-electron chi connectivity index (χ0n) is 18.1. The predicted octanol–water partition coefficient (Wildman–Crippen LogP) is 4.65. The maximum absolute atomic E-state index is 11.6. The van der Waals surface area contributed by atoms with Crippen LogP contribution < -0.4 is 0 Å². The first-order valence-electron chi connectivity index (χ1n) is 10.8. The molecular formula is C23H36O6. The van der Waals surface area contributed by atoms with E-state index < -0.39 is 12.1 Å². The molecule has 0 N–H and O–H groups in total. The average Bonchev–Trinajstić information content (AvgIpc) is 2.67. The van der Waals surface area contributed by atoms with Crippen molar-refractivity contribution in [3.63, 3.8) is 0 Å². The summed E-state index contributed by atoms with van der Waals surface area (Å²) in [7, 11) is 0. The molecule has 0 aliphatic heterocycles. The minimum absolute atomic E-state index is 0.281. The molecule has 6 nitrogen and oxygen atoms in total. The molecule has 0 aromatic carbocycles. The lowest BCUT2D eigenvalue weighted by molar-refractivity contribution is -0.154. The van der Waals surface area contributed by atoms with Crippen LogP contribution in [0.1, 0.15) is 85.0 Å². The smallest absolute Gasteiger partial charge is 0.303 e. The molecule has 1 rings (SSSR count). The van der Waals surface area contributed by atoms with Crippen LogP contribution in [0.3, 0.4) is 0 Å². The van der Waals surface area contributed by atoms with Gasteiger partial charge in [-0.2, -0.15) is 0 Å². The molecule has 1 aliphatic carbocycles. The van der Waals surface area contributed by atoms with Gasteiger partial charge in [0.25, 0.3) is 6.47 Å². The van der Waals surface area contributed by atoms with Gasteiger partial charge in [-0.1, -0.05) is 39.0 Å². The average molecular weight is 409 g/mol. The summed E-state index contributed by atoms with van der Waals surface area (Å²) in [6.45, 7) is 5.32. The second-order valence-corrected chi connectivity index (χ2v) is 7.70. The molecule has 1 aliphatic rings. The van der Waals surface area contributed by atoms with Gasteiger partial charge in [-0.3, -0.25) is 14.4 Å². The van der Waals surface area contributed by atoms with E-state index in [1.807, 2.05) is 0 Å². The van der Waals surface area contributed by atoms with Gasteiger partial charge in [0.05, 0.1) is 0 Å². The zero-order valence-corrected chi connectivity index (χ0v) is 18.1. The van der Waals surface area contributed by atoms with Crippen LogP contribution in [-0.2, 0) is 28.6 Å². The SMILES string of the molecule is CCCCC[C@H](C=C=C[C@H](C[C@@H](OC(C)=O)C1CCCCC1)OC(C)=O)OC=O. The number of hydrogen-bond acceptors (Lipinski definition) is 6. The highest BCUT2D eigenvalue weighted by Crippen LogP contribution is 2.30. The Morgan fingerprint density at radius 2 is 1.66 bits per heavy atom. The Bertz CT molecular complexity index is 558. The van der Waals surface area contributed by atoms with Crippen LogP contribution in [0.25, 0.3) is 0 Å². The van der Waals surface area contributed by atoms with E-state index in [-0.39, 0.29) is 24.1 Å². The fraction of sp³-hybridized carbons (Fsp3) is 0.739. The Balaban J connectivity index is 2.85. The summed E-state index contributed by atoms with van der Waals surface area (Å²) in [5.74, 6) is -0.442. The van der Waals surface area contributed by atoms with Crippen LogP contribution in [-0.4, -0.2) is 36.7 Å². The van der Waals surface area contributed by atoms with Gasteiger partial charge in [0.15, 0.2) is 0 Å². The Morgan fingerprint density at radius 1 is 1.00 bits per heavy atom. The topological polar surface area (TPSA) is 78.9 Å². The van der Waals surface area contributed by atoms with Crippen LogP contribution in [0.2, 0.25) is 0 Å². The van der Waals surface area contributed by atoms with E-state index >= 15 is 0 Å². The van der Waals surface area contributed by atoms with E-state index in [1.54, 1.807) is 12.2 Å². The molecule has 0 aromatic heterocycles. The summed E-state index contributed by atoms with van der Waals surface area (Å²) >= 11 is 0. The normalized spacial score (nSPS) is 17.2. The van der Waals surface area contributed by atoms with Crippen molar-refractivity contribution in [2.75, 3.05) is 0 Å². The van der Waals surface area contributed by atoms with Gasteiger partial charge >= 0.3 is 11.9 Å². The Hall–Kier alpha value is -2.07. The number of hydrogen-bond donors (Lipinski definition) is 0. The van der Waals surface area contributed by atoms with Gasteiger partial charge < -0.3 is 14.2 Å². The number of carbonyl (C=O) groups excluding carboxylic acids is 3. The molecule has 3 atom stereocenters. The van der Waals surface area contributed by atoms with Crippen molar-refractivity contribution in [1.82, 2.24) is 0 Å². The van der Waals surface area contributed by atoms with Gasteiger partial charge in [0.2, 0.25) is 0 Å². The van der Waals surface area contributed by atoms with Gasteiger partial charge in [0, 0.05) is 20.3 Å². The number of carbonyl (C=O) groups is 3. The van der Waals surface area contributed by atoms with Crippen molar-refractivity contribution >= 4 is 18.4 Å². The monoisotopic (exact) mass is 408 g/mol. The highest BCUT2D eigenvalue weighted by atomic mass is 16.6. The molecule has 6 heteroatoms. The number of esters is 2. The molecule has 0 unspecified atom stereocenters. The zero-order chi connectivity index (χ0) is 21.5. The summed E-state index contributed by atoms with van der Waals surface area (Å²) < 4.78 is 16.1. The maximum Gasteiger partial charge on any atom is 0.303 e. The maximum atomic E-state index is 11.6. The molecule has 1 fully saturated rings. The Kier molecular flexibility index (Phi) is 12.8. The molecule has 0 amide bonds. The van der Waals surface area contributed by atoms with E-state index in [2.05, 4.69) is 12.7 Å². The van der Waals surface area contributed by atoms with E-state index in [9.17, 15) is 14.4 Å². The molecule has 0 saturated heterocycles. The minimum Gasteiger partial charge on any atom is -0.462 e. The summed E-state index contributed by atoms with van der Waals surface area (Å²) in [4.78, 5) is 33.9. The fourth-order valence-corrected chi connectivity index (χ4v) is 3.78. The van der Waals surface area contributed by atoms with Crippen LogP contribution in [0.15, 0.2) is 17.9 Å². The minimum atomic E-state index is -0.553. The van der Waals surface area contributed by atoms with Crippen LogP contribution >= 0.6 is 0 Å². The second kappa shape index (κ2) is 14.9. The standard InChI is InChI=1S/C23H36O6/c1-4-5-7-13-21(27-17-24)14-10-15-22(28-18(2)25)16-23(29-19(3)26)20-11-8-6-9-12-20/h14-15,17,20-23H,4-9,11-13,16H2,1-3H3/t10?,21-,22-,23-/m1/s1. The highest BCUT2D eigenvalue weighted by molar-refractivity contribution is 5.66. The van der Waals surface area contributed by atoms with Crippen LogP contribution in [0, 0.1) is 5.92 Å². The molecule has 0 radical (unpaired) electrons. The van der Waals surface area contributed by atoms with Gasteiger partial charge in [-0.05, 0) is 43.8 Å². The lowest BCUT2D eigenvalue weighted by Crippen LogP contribution is -2.32. The molecule has 0 heterocycles. The van der Waals surface area contributed by atoms with E-state index in [4.69, 9.17) is 14.2 Å².